The fraction of sp³-hybridized carbons (Fsp3) is 0.778. The molecule has 84 valence electrons. The molecular formula is C9H16N4S2. The summed E-state index contributed by atoms with van der Waals surface area (Å²) in [5, 5.41) is 9.54. The van der Waals surface area contributed by atoms with Crippen LogP contribution in [0.4, 0.5) is 5.13 Å². The van der Waals surface area contributed by atoms with Gasteiger partial charge in [-0.25, -0.2) is 0 Å². The van der Waals surface area contributed by atoms with E-state index in [0.717, 1.165) is 29.1 Å². The minimum absolute atomic E-state index is 0.584. The van der Waals surface area contributed by atoms with Crippen molar-refractivity contribution in [1.29, 1.82) is 0 Å². The Morgan fingerprint density at radius 1 is 1.40 bits per heavy atom. The smallest absolute Gasteiger partial charge is 0.203 e. The lowest BCUT2D eigenvalue weighted by molar-refractivity contribution is 0.676. The van der Waals surface area contributed by atoms with E-state index < -0.39 is 0 Å². The summed E-state index contributed by atoms with van der Waals surface area (Å²) >= 11 is 3.34. The van der Waals surface area contributed by atoms with Crippen LogP contribution >= 0.6 is 23.1 Å². The van der Waals surface area contributed by atoms with E-state index >= 15 is 0 Å². The number of nitrogen functional groups attached to an aromatic ring is 1. The lowest BCUT2D eigenvalue weighted by Gasteiger charge is -1.97. The zero-order valence-corrected chi connectivity index (χ0v) is 10.2. The second kappa shape index (κ2) is 5.14. The summed E-state index contributed by atoms with van der Waals surface area (Å²) in [6, 6.07) is 0. The molecule has 1 aliphatic carbocycles. The van der Waals surface area contributed by atoms with Gasteiger partial charge in [-0.15, -0.1) is 22.0 Å². The average molecular weight is 244 g/mol. The fourth-order valence-corrected chi connectivity index (χ4v) is 3.14. The third kappa shape index (κ3) is 3.32. The maximum atomic E-state index is 5.54. The summed E-state index contributed by atoms with van der Waals surface area (Å²) in [4.78, 5) is 0. The van der Waals surface area contributed by atoms with E-state index in [0.29, 0.717) is 5.13 Å². The number of aromatic nitrogens is 2. The fourth-order valence-electron chi connectivity index (χ4n) is 1.81. The monoisotopic (exact) mass is 244 g/mol. The lowest BCUT2D eigenvalue weighted by Crippen LogP contribution is -1.96. The molecule has 1 fully saturated rings. The highest BCUT2D eigenvalue weighted by Crippen LogP contribution is 2.44. The van der Waals surface area contributed by atoms with Gasteiger partial charge in [-0.2, -0.15) is 0 Å². The zero-order chi connectivity index (χ0) is 10.7. The van der Waals surface area contributed by atoms with Crippen molar-refractivity contribution in [2.24, 2.45) is 17.6 Å². The Labute approximate surface area is 97.8 Å². The Kier molecular flexibility index (Phi) is 3.82. The van der Waals surface area contributed by atoms with Crippen LogP contribution in [0.3, 0.4) is 0 Å². The predicted molar refractivity (Wildman–Crippen MR) is 65.8 cm³/mol. The van der Waals surface area contributed by atoms with Gasteiger partial charge in [-0.1, -0.05) is 11.3 Å². The van der Waals surface area contributed by atoms with Gasteiger partial charge in [0.25, 0.3) is 0 Å². The van der Waals surface area contributed by atoms with Crippen molar-refractivity contribution < 1.29 is 0 Å². The first-order chi connectivity index (χ1) is 7.29. The van der Waals surface area contributed by atoms with Crippen molar-refractivity contribution in [2.75, 3.05) is 17.4 Å². The van der Waals surface area contributed by atoms with Crippen LogP contribution in [0.2, 0.25) is 0 Å². The topological polar surface area (TPSA) is 77.8 Å². The molecule has 2 rings (SSSR count). The van der Waals surface area contributed by atoms with Crippen molar-refractivity contribution in [3.63, 3.8) is 0 Å². The lowest BCUT2D eigenvalue weighted by atomic mass is 10.2. The van der Waals surface area contributed by atoms with Crippen LogP contribution in [0.5, 0.6) is 0 Å². The maximum Gasteiger partial charge on any atom is 0.203 e. The molecule has 0 bridgehead atoms. The van der Waals surface area contributed by atoms with E-state index in [1.165, 1.54) is 29.9 Å². The Morgan fingerprint density at radius 3 is 2.93 bits per heavy atom. The largest absolute Gasteiger partial charge is 0.374 e. The quantitative estimate of drug-likeness (QED) is 0.583. The van der Waals surface area contributed by atoms with Crippen molar-refractivity contribution in [3.8, 4) is 0 Å². The molecule has 0 unspecified atom stereocenters. The highest BCUT2D eigenvalue weighted by atomic mass is 32.2. The normalized spacial score (nSPS) is 24.3. The summed E-state index contributed by atoms with van der Waals surface area (Å²) in [6.45, 7) is 0. The van der Waals surface area contributed by atoms with E-state index in [1.54, 1.807) is 0 Å². The van der Waals surface area contributed by atoms with E-state index in [1.807, 2.05) is 11.8 Å². The molecule has 1 saturated carbocycles. The molecule has 4 nitrogen and oxygen atoms in total. The minimum Gasteiger partial charge on any atom is -0.374 e. The zero-order valence-electron chi connectivity index (χ0n) is 8.56. The van der Waals surface area contributed by atoms with Gasteiger partial charge >= 0.3 is 0 Å². The van der Waals surface area contributed by atoms with E-state index in [-0.39, 0.29) is 0 Å². The molecule has 0 aromatic carbocycles. The molecule has 2 atom stereocenters. The Balaban J connectivity index is 1.66. The van der Waals surface area contributed by atoms with E-state index in [2.05, 4.69) is 10.2 Å². The maximum absolute atomic E-state index is 5.54. The van der Waals surface area contributed by atoms with Crippen LogP contribution in [0.15, 0.2) is 0 Å². The third-order valence-corrected chi connectivity index (χ3v) is 4.27. The summed E-state index contributed by atoms with van der Waals surface area (Å²) < 4.78 is 0. The molecule has 0 aliphatic heterocycles. The van der Waals surface area contributed by atoms with Gasteiger partial charge in [0.1, 0.15) is 5.01 Å². The molecule has 0 radical (unpaired) electrons. The molecule has 6 heteroatoms. The molecule has 15 heavy (non-hydrogen) atoms. The number of hydrogen-bond donors (Lipinski definition) is 2. The van der Waals surface area contributed by atoms with Gasteiger partial charge in [0.2, 0.25) is 5.13 Å². The van der Waals surface area contributed by atoms with E-state index in [9.17, 15) is 0 Å². The molecule has 0 amide bonds. The van der Waals surface area contributed by atoms with Gasteiger partial charge in [-0.05, 0) is 30.4 Å². The van der Waals surface area contributed by atoms with Gasteiger partial charge in [0.15, 0.2) is 0 Å². The Bertz CT molecular complexity index is 315. The minimum atomic E-state index is 0.584. The molecular weight excluding hydrogens is 228 g/mol. The number of thioether (sulfide) groups is 1. The first kappa shape index (κ1) is 11.2. The Hall–Kier alpha value is -0.330. The highest BCUT2D eigenvalue weighted by Gasteiger charge is 2.36. The van der Waals surface area contributed by atoms with Crippen LogP contribution in [0.25, 0.3) is 0 Å². The number of hydrogen-bond acceptors (Lipinski definition) is 6. The second-order valence-electron chi connectivity index (χ2n) is 3.86. The van der Waals surface area contributed by atoms with Crippen molar-refractivity contribution >= 4 is 28.2 Å². The van der Waals surface area contributed by atoms with Crippen molar-refractivity contribution in [3.05, 3.63) is 5.01 Å². The first-order valence-electron chi connectivity index (χ1n) is 5.15. The van der Waals surface area contributed by atoms with Gasteiger partial charge in [0, 0.05) is 12.3 Å². The van der Waals surface area contributed by atoms with E-state index in [4.69, 9.17) is 11.5 Å². The third-order valence-electron chi connectivity index (χ3n) is 2.74. The highest BCUT2D eigenvalue weighted by molar-refractivity contribution is 7.99. The molecule has 1 aromatic rings. The molecule has 1 heterocycles. The summed E-state index contributed by atoms with van der Waals surface area (Å²) in [7, 11) is 0. The summed E-state index contributed by atoms with van der Waals surface area (Å²) in [5.41, 5.74) is 11.0. The summed E-state index contributed by atoms with van der Waals surface area (Å²) in [6.07, 6.45) is 3.69. The van der Waals surface area contributed by atoms with Crippen LogP contribution in [0.1, 0.15) is 17.8 Å². The molecule has 0 saturated heterocycles. The number of nitrogens with zero attached hydrogens (tertiary/aromatic N) is 2. The molecule has 4 N–H and O–H groups in total. The first-order valence-corrected chi connectivity index (χ1v) is 7.12. The summed E-state index contributed by atoms with van der Waals surface area (Å²) in [5.74, 6) is 3.63. The van der Waals surface area contributed by atoms with Crippen LogP contribution in [-0.4, -0.2) is 21.8 Å². The molecule has 1 aliphatic rings. The van der Waals surface area contributed by atoms with Crippen molar-refractivity contribution in [1.82, 2.24) is 10.2 Å². The average Bonchev–Trinajstić information content (AvgIpc) is 2.80. The van der Waals surface area contributed by atoms with Gasteiger partial charge in [0.05, 0.1) is 0 Å². The van der Waals surface area contributed by atoms with Crippen LogP contribution in [-0.2, 0) is 6.42 Å². The van der Waals surface area contributed by atoms with Gasteiger partial charge in [-0.3, -0.25) is 0 Å². The molecule has 1 aromatic heterocycles. The number of nitrogens with two attached hydrogens (primary N) is 2. The predicted octanol–water partition coefficient (Wildman–Crippen LogP) is 1.34. The second-order valence-corrected chi connectivity index (χ2v) is 6.10. The Morgan fingerprint density at radius 2 is 2.27 bits per heavy atom. The SMILES string of the molecule is NCSCC[C@H]1C[C@@H]1Cc1nnc(N)s1. The molecule has 0 spiro atoms. The number of rotatable bonds is 6. The van der Waals surface area contributed by atoms with Crippen LogP contribution < -0.4 is 11.5 Å². The van der Waals surface area contributed by atoms with Gasteiger partial charge < -0.3 is 11.5 Å². The number of anilines is 1. The van der Waals surface area contributed by atoms with Crippen molar-refractivity contribution in [2.45, 2.75) is 19.3 Å². The standard InChI is InChI=1S/C9H16N4S2/c10-5-14-2-1-6-3-7(6)4-8-12-13-9(11)15-8/h6-7H,1-5,10H2,(H2,11,13)/t6-,7+/m0/s1. The van der Waals surface area contributed by atoms with Crippen LogP contribution in [0, 0.1) is 11.8 Å².